The number of alkyl halides is 1. The number of hydrogen-bond acceptors (Lipinski definition) is 2. The van der Waals surface area contributed by atoms with Gasteiger partial charge in [-0.1, -0.05) is 29.8 Å². The molecule has 1 amide bonds. The van der Waals surface area contributed by atoms with Gasteiger partial charge >= 0.3 is 0 Å². The smallest absolute Gasteiger partial charge is 0.236 e. The van der Waals surface area contributed by atoms with E-state index in [2.05, 4.69) is 40.0 Å². The average molecular weight is 293 g/mol. The molecule has 1 N–H and O–H groups in total. The molecule has 0 bridgehead atoms. The molecule has 16 heavy (non-hydrogen) atoms. The third-order valence-electron chi connectivity index (χ3n) is 2.22. The van der Waals surface area contributed by atoms with Crippen molar-refractivity contribution in [1.82, 2.24) is 10.2 Å². The van der Waals surface area contributed by atoms with Gasteiger partial charge in [-0.15, -0.1) is 0 Å². The molecule has 0 fully saturated rings. The highest BCUT2D eigenvalue weighted by molar-refractivity contribution is 9.10. The highest BCUT2D eigenvalue weighted by Crippen LogP contribution is 2.16. The number of nitrogens with one attached hydrogen (secondary N) is 1. The third-order valence-corrected chi connectivity index (χ3v) is 2.58. The first-order valence-corrected chi connectivity index (χ1v) is 6.56. The zero-order valence-corrected chi connectivity index (χ0v) is 12.9. The van der Waals surface area contributed by atoms with Crippen LogP contribution >= 0.6 is 15.9 Å². The molecule has 0 saturated carbocycles. The lowest BCUT2D eigenvalue weighted by Gasteiger charge is -2.27. The standard InChI is InChI=1S/C12H25BrN2O/c1-9(2)7-10(8-15(5)6)14-11(16)12(3,4)13/h9-10H,7-8H2,1-6H3,(H,14,16). The Morgan fingerprint density at radius 3 is 2.19 bits per heavy atom. The summed E-state index contributed by atoms with van der Waals surface area (Å²) in [4.78, 5) is 14.0. The van der Waals surface area contributed by atoms with E-state index in [1.807, 2.05) is 27.9 Å². The van der Waals surface area contributed by atoms with Crippen molar-refractivity contribution in [2.75, 3.05) is 20.6 Å². The van der Waals surface area contributed by atoms with Crippen LogP contribution < -0.4 is 5.32 Å². The number of hydrogen-bond donors (Lipinski definition) is 1. The first-order chi connectivity index (χ1) is 7.12. The second-order valence-electron chi connectivity index (χ2n) is 5.53. The molecular weight excluding hydrogens is 268 g/mol. The Morgan fingerprint density at radius 1 is 1.38 bits per heavy atom. The van der Waals surface area contributed by atoms with Crippen molar-refractivity contribution in [3.8, 4) is 0 Å². The number of halogens is 1. The van der Waals surface area contributed by atoms with Crippen LogP contribution in [-0.2, 0) is 4.79 Å². The summed E-state index contributed by atoms with van der Waals surface area (Å²) in [6, 6.07) is 0.222. The topological polar surface area (TPSA) is 32.3 Å². The van der Waals surface area contributed by atoms with Crippen LogP contribution in [-0.4, -0.2) is 41.8 Å². The SMILES string of the molecule is CC(C)CC(CN(C)C)NC(=O)C(C)(C)Br. The van der Waals surface area contributed by atoms with E-state index in [-0.39, 0.29) is 11.9 Å². The van der Waals surface area contributed by atoms with Crippen molar-refractivity contribution in [1.29, 1.82) is 0 Å². The molecule has 0 aliphatic rings. The zero-order chi connectivity index (χ0) is 12.9. The van der Waals surface area contributed by atoms with Crippen molar-refractivity contribution in [2.45, 2.75) is 44.5 Å². The van der Waals surface area contributed by atoms with Gasteiger partial charge in [0, 0.05) is 12.6 Å². The molecule has 1 unspecified atom stereocenters. The van der Waals surface area contributed by atoms with E-state index < -0.39 is 4.32 Å². The summed E-state index contributed by atoms with van der Waals surface area (Å²) in [5, 5.41) is 3.09. The van der Waals surface area contributed by atoms with Gasteiger partial charge in [-0.05, 0) is 40.3 Å². The van der Waals surface area contributed by atoms with Crippen molar-refractivity contribution in [2.24, 2.45) is 5.92 Å². The Labute approximate surface area is 108 Å². The number of rotatable bonds is 6. The molecule has 0 radical (unpaired) electrons. The molecule has 96 valence electrons. The van der Waals surface area contributed by atoms with Gasteiger partial charge in [0.2, 0.25) is 5.91 Å². The third kappa shape index (κ3) is 7.23. The lowest BCUT2D eigenvalue weighted by Crippen LogP contribution is -2.48. The fourth-order valence-corrected chi connectivity index (χ4v) is 1.66. The van der Waals surface area contributed by atoms with Crippen molar-refractivity contribution in [3.63, 3.8) is 0 Å². The Bertz CT molecular complexity index is 212. The van der Waals surface area contributed by atoms with E-state index in [0.29, 0.717) is 5.92 Å². The lowest BCUT2D eigenvalue weighted by molar-refractivity contribution is -0.123. The molecule has 0 aliphatic carbocycles. The Hall–Kier alpha value is -0.0900. The minimum Gasteiger partial charge on any atom is -0.351 e. The van der Waals surface area contributed by atoms with Gasteiger partial charge in [0.25, 0.3) is 0 Å². The van der Waals surface area contributed by atoms with Gasteiger partial charge in [0.1, 0.15) is 0 Å². The van der Waals surface area contributed by atoms with E-state index >= 15 is 0 Å². The predicted molar refractivity (Wildman–Crippen MR) is 72.9 cm³/mol. The van der Waals surface area contributed by atoms with Crippen LogP contribution in [0.15, 0.2) is 0 Å². The van der Waals surface area contributed by atoms with Gasteiger partial charge in [-0.3, -0.25) is 4.79 Å². The highest BCUT2D eigenvalue weighted by Gasteiger charge is 2.26. The molecule has 3 nitrogen and oxygen atoms in total. The molecule has 0 aliphatic heterocycles. The summed E-state index contributed by atoms with van der Waals surface area (Å²) in [7, 11) is 4.05. The molecule has 0 heterocycles. The van der Waals surface area contributed by atoms with Crippen LogP contribution in [0.5, 0.6) is 0 Å². The molecule has 1 atom stereocenters. The van der Waals surface area contributed by atoms with E-state index in [0.717, 1.165) is 13.0 Å². The van der Waals surface area contributed by atoms with Crippen LogP contribution in [0.2, 0.25) is 0 Å². The Kier molecular flexibility index (Phi) is 6.56. The van der Waals surface area contributed by atoms with E-state index in [1.54, 1.807) is 0 Å². The van der Waals surface area contributed by atoms with Crippen LogP contribution in [0.4, 0.5) is 0 Å². The molecule has 0 aromatic carbocycles. The lowest BCUT2D eigenvalue weighted by atomic mass is 10.0. The fraction of sp³-hybridized carbons (Fsp3) is 0.917. The van der Waals surface area contributed by atoms with E-state index in [4.69, 9.17) is 0 Å². The molecule has 0 rings (SSSR count). The van der Waals surface area contributed by atoms with Crippen LogP contribution in [0, 0.1) is 5.92 Å². The summed E-state index contributed by atoms with van der Waals surface area (Å²) in [6.07, 6.45) is 1.01. The summed E-state index contributed by atoms with van der Waals surface area (Å²) < 4.78 is -0.492. The fourth-order valence-electron chi connectivity index (χ4n) is 1.55. The van der Waals surface area contributed by atoms with Gasteiger partial charge < -0.3 is 10.2 Å². The number of nitrogens with zero attached hydrogens (tertiary/aromatic N) is 1. The van der Waals surface area contributed by atoms with Gasteiger partial charge in [0.05, 0.1) is 4.32 Å². The maximum Gasteiger partial charge on any atom is 0.236 e. The quantitative estimate of drug-likeness (QED) is 0.762. The molecule has 0 aromatic rings. The zero-order valence-electron chi connectivity index (χ0n) is 11.3. The molecular formula is C12H25BrN2O. The minimum atomic E-state index is -0.492. The minimum absolute atomic E-state index is 0.0556. The maximum absolute atomic E-state index is 11.9. The Balaban J connectivity index is 4.36. The van der Waals surface area contributed by atoms with Crippen LogP contribution in [0.25, 0.3) is 0 Å². The number of amides is 1. The number of carbonyl (C=O) groups excluding carboxylic acids is 1. The average Bonchev–Trinajstić information content (AvgIpc) is 1.98. The first kappa shape index (κ1) is 15.9. The van der Waals surface area contributed by atoms with E-state index in [9.17, 15) is 4.79 Å². The monoisotopic (exact) mass is 292 g/mol. The summed E-state index contributed by atoms with van der Waals surface area (Å²) >= 11 is 3.38. The van der Waals surface area contributed by atoms with E-state index in [1.165, 1.54) is 0 Å². The predicted octanol–water partition coefficient (Wildman–Crippen LogP) is 2.25. The van der Waals surface area contributed by atoms with Crippen LogP contribution in [0.1, 0.15) is 34.1 Å². The van der Waals surface area contributed by atoms with Crippen molar-refractivity contribution >= 4 is 21.8 Å². The van der Waals surface area contributed by atoms with Crippen molar-refractivity contribution < 1.29 is 4.79 Å². The number of likely N-dealkylation sites (N-methyl/N-ethyl adjacent to an activating group) is 1. The van der Waals surface area contributed by atoms with Gasteiger partial charge in [-0.2, -0.15) is 0 Å². The molecule has 0 saturated heterocycles. The number of carbonyl (C=O) groups is 1. The molecule has 0 spiro atoms. The second-order valence-corrected chi connectivity index (χ2v) is 7.52. The largest absolute Gasteiger partial charge is 0.351 e. The summed E-state index contributed by atoms with van der Waals surface area (Å²) in [6.45, 7) is 8.96. The van der Waals surface area contributed by atoms with Crippen LogP contribution in [0.3, 0.4) is 0 Å². The Morgan fingerprint density at radius 2 is 1.88 bits per heavy atom. The molecule has 4 heteroatoms. The highest BCUT2D eigenvalue weighted by atomic mass is 79.9. The first-order valence-electron chi connectivity index (χ1n) is 5.77. The van der Waals surface area contributed by atoms with Crippen molar-refractivity contribution in [3.05, 3.63) is 0 Å². The van der Waals surface area contributed by atoms with Gasteiger partial charge in [-0.25, -0.2) is 0 Å². The summed E-state index contributed by atoms with van der Waals surface area (Å²) in [5.41, 5.74) is 0. The van der Waals surface area contributed by atoms with Gasteiger partial charge in [0.15, 0.2) is 0 Å². The second kappa shape index (κ2) is 6.60. The normalized spacial score (nSPS) is 14.3. The maximum atomic E-state index is 11.9. The molecule has 0 aromatic heterocycles. The summed E-state index contributed by atoms with van der Waals surface area (Å²) in [5.74, 6) is 0.642.